The summed E-state index contributed by atoms with van der Waals surface area (Å²) in [6.07, 6.45) is -2.53. The molecule has 0 unspecified atom stereocenters. The highest BCUT2D eigenvalue weighted by atomic mass is 19.4. The van der Waals surface area contributed by atoms with Crippen LogP contribution in [0.3, 0.4) is 0 Å². The van der Waals surface area contributed by atoms with E-state index in [1.54, 1.807) is 0 Å². The predicted molar refractivity (Wildman–Crippen MR) is 118 cm³/mol. The van der Waals surface area contributed by atoms with Crippen LogP contribution in [0.4, 0.5) is 13.2 Å². The lowest BCUT2D eigenvalue weighted by Gasteiger charge is -2.20. The topological polar surface area (TPSA) is 69.8 Å². The number of hydrogen-bond acceptors (Lipinski definition) is 3. The minimum atomic E-state index is -4.34. The summed E-state index contributed by atoms with van der Waals surface area (Å²) < 4.78 is 40.4. The van der Waals surface area contributed by atoms with Crippen molar-refractivity contribution >= 4 is 0 Å². The number of imidazole rings is 1. The van der Waals surface area contributed by atoms with E-state index < -0.39 is 11.7 Å². The van der Waals surface area contributed by atoms with Crippen LogP contribution in [-0.2, 0) is 25.8 Å². The summed E-state index contributed by atoms with van der Waals surface area (Å²) in [7, 11) is 0. The minimum absolute atomic E-state index is 0.165. The van der Waals surface area contributed by atoms with Crippen LogP contribution >= 0.6 is 0 Å². The Morgan fingerprint density at radius 1 is 1.00 bits per heavy atom. The third kappa shape index (κ3) is 5.69. The second-order valence-electron chi connectivity index (χ2n) is 7.37. The van der Waals surface area contributed by atoms with Gasteiger partial charge in [-0.3, -0.25) is 4.90 Å². The zero-order valence-electron chi connectivity index (χ0n) is 18.0. The van der Waals surface area contributed by atoms with Crippen LogP contribution in [0.1, 0.15) is 36.5 Å². The Labute approximate surface area is 184 Å². The summed E-state index contributed by atoms with van der Waals surface area (Å²) in [5, 5.41) is 3.66. The Bertz CT molecular complexity index is 1060. The first-order valence-electron chi connectivity index (χ1n) is 10.4. The highest BCUT2D eigenvalue weighted by molar-refractivity contribution is 5.64. The van der Waals surface area contributed by atoms with Crippen molar-refractivity contribution in [3.05, 3.63) is 87.8 Å². The molecule has 0 spiro atoms. The molecule has 2 aromatic carbocycles. The molecule has 0 radical (unpaired) electrons. The summed E-state index contributed by atoms with van der Waals surface area (Å²) in [6, 6.07) is 12.8. The molecule has 1 aromatic heterocycles. The maximum Gasteiger partial charge on any atom is 0.416 e. The SMILES string of the molecule is CCN(CC)Cc1cnc(CN=[N+]=[N-])n1Cc1ccc(-c2ccc(C(F)(F)F)cc2)cc1. The molecule has 0 saturated heterocycles. The molecule has 0 N–H and O–H groups in total. The third-order valence-corrected chi connectivity index (χ3v) is 5.42. The van der Waals surface area contributed by atoms with E-state index in [2.05, 4.69) is 38.3 Å². The number of benzene rings is 2. The van der Waals surface area contributed by atoms with Gasteiger partial charge >= 0.3 is 6.18 Å². The van der Waals surface area contributed by atoms with Crippen molar-refractivity contribution in [3.8, 4) is 11.1 Å². The Balaban J connectivity index is 1.82. The van der Waals surface area contributed by atoms with Crippen molar-refractivity contribution in [2.24, 2.45) is 5.11 Å². The number of halogens is 3. The second kappa shape index (κ2) is 10.3. The van der Waals surface area contributed by atoms with Crippen LogP contribution in [0.15, 0.2) is 59.8 Å². The predicted octanol–water partition coefficient (Wildman–Crippen LogP) is 6.27. The van der Waals surface area contributed by atoms with Gasteiger partial charge in [0.25, 0.3) is 0 Å². The Morgan fingerprint density at radius 3 is 2.12 bits per heavy atom. The molecular weight excluding hydrogens is 417 g/mol. The first-order chi connectivity index (χ1) is 15.4. The van der Waals surface area contributed by atoms with Crippen molar-refractivity contribution in [1.82, 2.24) is 14.5 Å². The lowest BCUT2D eigenvalue weighted by molar-refractivity contribution is -0.137. The molecule has 32 heavy (non-hydrogen) atoms. The molecule has 3 aromatic rings. The molecule has 0 atom stereocenters. The first-order valence-corrected chi connectivity index (χ1v) is 10.4. The lowest BCUT2D eigenvalue weighted by Crippen LogP contribution is -2.24. The normalized spacial score (nSPS) is 11.6. The average molecular weight is 442 g/mol. The molecule has 1 heterocycles. The van der Waals surface area contributed by atoms with E-state index in [-0.39, 0.29) is 6.54 Å². The van der Waals surface area contributed by atoms with E-state index in [4.69, 9.17) is 5.53 Å². The fourth-order valence-electron chi connectivity index (χ4n) is 3.51. The largest absolute Gasteiger partial charge is 0.416 e. The molecule has 0 saturated carbocycles. The number of azide groups is 1. The molecule has 168 valence electrons. The van der Waals surface area contributed by atoms with Gasteiger partial charge in [0.2, 0.25) is 0 Å². The lowest BCUT2D eigenvalue weighted by atomic mass is 10.0. The minimum Gasteiger partial charge on any atom is -0.326 e. The van der Waals surface area contributed by atoms with Gasteiger partial charge in [-0.1, -0.05) is 55.4 Å². The van der Waals surface area contributed by atoms with E-state index in [9.17, 15) is 13.2 Å². The highest BCUT2D eigenvalue weighted by Gasteiger charge is 2.29. The smallest absolute Gasteiger partial charge is 0.326 e. The van der Waals surface area contributed by atoms with Crippen LogP contribution in [0.25, 0.3) is 21.6 Å². The Morgan fingerprint density at radius 2 is 1.59 bits per heavy atom. The summed E-state index contributed by atoms with van der Waals surface area (Å²) in [6.45, 7) is 7.49. The molecule has 0 amide bonds. The molecule has 0 aliphatic carbocycles. The maximum absolute atomic E-state index is 12.8. The van der Waals surface area contributed by atoms with E-state index in [1.807, 2.05) is 30.5 Å². The van der Waals surface area contributed by atoms with Gasteiger partial charge in [-0.2, -0.15) is 13.2 Å². The van der Waals surface area contributed by atoms with Crippen molar-refractivity contribution in [2.45, 2.75) is 39.7 Å². The van der Waals surface area contributed by atoms with Crippen LogP contribution in [0.5, 0.6) is 0 Å². The number of alkyl halides is 3. The zero-order valence-corrected chi connectivity index (χ0v) is 18.0. The maximum atomic E-state index is 12.8. The van der Waals surface area contributed by atoms with Gasteiger partial charge < -0.3 is 4.57 Å². The van der Waals surface area contributed by atoms with E-state index >= 15 is 0 Å². The molecule has 9 heteroatoms. The molecule has 0 bridgehead atoms. The van der Waals surface area contributed by atoms with Gasteiger partial charge in [0.05, 0.1) is 17.8 Å². The van der Waals surface area contributed by atoms with E-state index in [0.29, 0.717) is 12.4 Å². The van der Waals surface area contributed by atoms with Gasteiger partial charge in [0.1, 0.15) is 5.82 Å². The Hall–Kier alpha value is -3.29. The highest BCUT2D eigenvalue weighted by Crippen LogP contribution is 2.31. The van der Waals surface area contributed by atoms with Crippen molar-refractivity contribution < 1.29 is 13.2 Å². The number of rotatable bonds is 9. The standard InChI is InChI=1S/C23H25F3N6/c1-3-31(4-2)16-21-13-28-22(14-29-30-27)32(21)15-17-5-7-18(8-6-17)19-9-11-20(12-10-19)23(24,25)26/h5-13H,3-4,14-16H2,1-2H3. The molecule has 6 nitrogen and oxygen atoms in total. The van der Waals surface area contributed by atoms with Gasteiger partial charge in [0.15, 0.2) is 0 Å². The zero-order chi connectivity index (χ0) is 23.1. The molecular formula is C23H25F3N6. The van der Waals surface area contributed by atoms with Crippen molar-refractivity contribution in [2.75, 3.05) is 13.1 Å². The number of hydrogen-bond donors (Lipinski definition) is 0. The van der Waals surface area contributed by atoms with Crippen LogP contribution in [0.2, 0.25) is 0 Å². The summed E-state index contributed by atoms with van der Waals surface area (Å²) in [5.41, 5.74) is 11.6. The molecule has 3 rings (SSSR count). The molecule has 0 aliphatic rings. The van der Waals surface area contributed by atoms with Crippen LogP contribution < -0.4 is 0 Å². The summed E-state index contributed by atoms with van der Waals surface area (Å²) in [5.74, 6) is 0.691. The van der Waals surface area contributed by atoms with Gasteiger partial charge in [-0.25, -0.2) is 4.98 Å². The molecule has 0 aliphatic heterocycles. The monoisotopic (exact) mass is 442 g/mol. The fourth-order valence-corrected chi connectivity index (χ4v) is 3.51. The van der Waals surface area contributed by atoms with Gasteiger partial charge in [-0.05, 0) is 47.4 Å². The fraction of sp³-hybridized carbons (Fsp3) is 0.348. The van der Waals surface area contributed by atoms with E-state index in [0.717, 1.165) is 54.2 Å². The van der Waals surface area contributed by atoms with Crippen molar-refractivity contribution in [3.63, 3.8) is 0 Å². The summed E-state index contributed by atoms with van der Waals surface area (Å²) in [4.78, 5) is 9.56. The van der Waals surface area contributed by atoms with Crippen LogP contribution in [-0.4, -0.2) is 27.5 Å². The average Bonchev–Trinajstić information content (AvgIpc) is 3.16. The van der Waals surface area contributed by atoms with E-state index in [1.165, 1.54) is 12.1 Å². The number of nitrogens with zero attached hydrogens (tertiary/aromatic N) is 6. The van der Waals surface area contributed by atoms with Crippen molar-refractivity contribution in [1.29, 1.82) is 0 Å². The third-order valence-electron chi connectivity index (χ3n) is 5.42. The van der Waals surface area contributed by atoms with Crippen LogP contribution in [0, 0.1) is 0 Å². The summed E-state index contributed by atoms with van der Waals surface area (Å²) >= 11 is 0. The first kappa shape index (κ1) is 23.4. The second-order valence-corrected chi connectivity index (χ2v) is 7.37. The van der Waals surface area contributed by atoms with Gasteiger partial charge in [0, 0.05) is 24.2 Å². The Kier molecular flexibility index (Phi) is 7.56. The molecule has 0 fully saturated rings. The number of aromatic nitrogens is 2. The quantitative estimate of drug-likeness (QED) is 0.223. The van der Waals surface area contributed by atoms with Gasteiger partial charge in [-0.15, -0.1) is 0 Å².